The molecule has 4 rings (SSSR count). The largest absolute Gasteiger partial charge is 0.505 e. The molecule has 4 aromatic rings. The van der Waals surface area contributed by atoms with Gasteiger partial charge in [0.15, 0.2) is 5.75 Å². The number of hydrogen-bond donors (Lipinski definition) is 4. The Morgan fingerprint density at radius 2 is 1.04 bits per heavy atom. The van der Waals surface area contributed by atoms with Crippen molar-refractivity contribution in [3.63, 3.8) is 0 Å². The Morgan fingerprint density at radius 3 is 1.43 bits per heavy atom. The highest BCUT2D eigenvalue weighted by Crippen LogP contribution is 2.48. The van der Waals surface area contributed by atoms with Gasteiger partial charge in [0.25, 0.3) is 20.2 Å². The second-order valence-electron chi connectivity index (χ2n) is 9.65. The second kappa shape index (κ2) is 11.6. The molecule has 244 valence electrons. The molecule has 0 heterocycles. The van der Waals surface area contributed by atoms with Crippen molar-refractivity contribution in [1.29, 1.82) is 0 Å². The second-order valence-corrected chi connectivity index (χ2v) is 12.4. The summed E-state index contributed by atoms with van der Waals surface area (Å²) in [5.74, 6) is -1.19. The maximum absolute atomic E-state index is 13.4. The van der Waals surface area contributed by atoms with Crippen LogP contribution in [0.2, 0.25) is 0 Å². The predicted molar refractivity (Wildman–Crippen MR) is 150 cm³/mol. The van der Waals surface area contributed by atoms with Crippen molar-refractivity contribution in [3.8, 4) is 5.75 Å². The van der Waals surface area contributed by atoms with Crippen LogP contribution in [0, 0.1) is 13.8 Å². The van der Waals surface area contributed by atoms with Crippen molar-refractivity contribution in [2.24, 2.45) is 20.5 Å². The Bertz CT molecular complexity index is 2030. The molecule has 0 aliphatic heterocycles. The first-order valence-electron chi connectivity index (χ1n) is 12.3. The highest BCUT2D eigenvalue weighted by Gasteiger charge is 2.34. The van der Waals surface area contributed by atoms with Crippen molar-refractivity contribution in [1.82, 2.24) is 0 Å². The number of phenolic OH excluding ortho intramolecular Hbond substituents is 1. The van der Waals surface area contributed by atoms with Crippen LogP contribution in [-0.4, -0.2) is 31.0 Å². The first kappa shape index (κ1) is 34.2. The van der Waals surface area contributed by atoms with Crippen molar-refractivity contribution in [3.05, 3.63) is 70.8 Å². The van der Waals surface area contributed by atoms with Crippen LogP contribution in [0.25, 0.3) is 10.8 Å². The number of azo groups is 2. The van der Waals surface area contributed by atoms with Crippen LogP contribution >= 0.6 is 0 Å². The number of rotatable bonds is 6. The summed E-state index contributed by atoms with van der Waals surface area (Å²) < 4.78 is 149. The molecule has 0 unspecified atom stereocenters. The van der Waals surface area contributed by atoms with Gasteiger partial charge in [0.2, 0.25) is 0 Å². The molecule has 0 amide bonds. The number of phenols is 1. The normalized spacial score (nSPS) is 13.3. The molecule has 0 saturated heterocycles. The van der Waals surface area contributed by atoms with Gasteiger partial charge in [-0.3, -0.25) is 9.11 Å². The average molecular weight is 692 g/mol. The van der Waals surface area contributed by atoms with Crippen molar-refractivity contribution in [2.45, 2.75) is 36.0 Å². The first-order valence-corrected chi connectivity index (χ1v) is 15.1. The first-order chi connectivity index (χ1) is 21.0. The fourth-order valence-corrected chi connectivity index (χ4v) is 5.60. The van der Waals surface area contributed by atoms with E-state index in [1.54, 1.807) is 0 Å². The molecular weight excluding hydrogens is 672 g/mol. The number of anilines is 1. The summed E-state index contributed by atoms with van der Waals surface area (Å²) in [5.41, 5.74) is -0.162. The number of benzene rings is 4. The zero-order valence-electron chi connectivity index (χ0n) is 23.0. The van der Waals surface area contributed by atoms with E-state index >= 15 is 0 Å². The molecule has 20 heteroatoms. The smallest absolute Gasteiger partial charge is 0.416 e. The van der Waals surface area contributed by atoms with E-state index in [0.29, 0.717) is 24.3 Å². The van der Waals surface area contributed by atoms with Crippen LogP contribution in [-0.2, 0) is 32.6 Å². The van der Waals surface area contributed by atoms with Crippen LogP contribution < -0.4 is 5.73 Å². The third-order valence-corrected chi connectivity index (χ3v) is 8.19. The van der Waals surface area contributed by atoms with Gasteiger partial charge in [-0.2, -0.15) is 53.4 Å². The quantitative estimate of drug-likeness (QED) is 0.0671. The van der Waals surface area contributed by atoms with Gasteiger partial charge in [-0.15, -0.1) is 10.2 Å². The molecule has 46 heavy (non-hydrogen) atoms. The maximum atomic E-state index is 13.4. The Labute approximate surface area is 255 Å². The summed E-state index contributed by atoms with van der Waals surface area (Å²) in [6.07, 6.45) is -9.58. The van der Waals surface area contributed by atoms with E-state index in [1.807, 2.05) is 0 Å². The molecule has 0 spiro atoms. The fourth-order valence-electron chi connectivity index (χ4n) is 4.27. The lowest BCUT2D eigenvalue weighted by atomic mass is 10.0. The summed E-state index contributed by atoms with van der Waals surface area (Å²) in [7, 11) is -10.6. The zero-order chi connectivity index (χ0) is 34.6. The van der Waals surface area contributed by atoms with Gasteiger partial charge in [-0.05, 0) is 66.8 Å². The number of aromatic hydroxyl groups is 1. The summed E-state index contributed by atoms with van der Waals surface area (Å²) >= 11 is 0. The van der Waals surface area contributed by atoms with Gasteiger partial charge < -0.3 is 10.8 Å². The fraction of sp³-hybridized carbons (Fsp3) is 0.154. The van der Waals surface area contributed by atoms with E-state index in [2.05, 4.69) is 20.5 Å². The van der Waals surface area contributed by atoms with Crippen LogP contribution in [0.15, 0.2) is 78.8 Å². The van der Waals surface area contributed by atoms with Crippen molar-refractivity contribution < 1.29 is 57.4 Å². The van der Waals surface area contributed by atoms with Gasteiger partial charge in [0.05, 0.1) is 33.6 Å². The van der Waals surface area contributed by atoms with Crippen molar-refractivity contribution in [2.75, 3.05) is 5.73 Å². The number of nitrogens with zero attached hydrogens (tertiary/aromatic N) is 4. The van der Waals surface area contributed by atoms with E-state index in [4.69, 9.17) is 5.73 Å². The summed E-state index contributed by atoms with van der Waals surface area (Å²) in [4.78, 5) is -2.32. The lowest BCUT2D eigenvalue weighted by molar-refractivity contribution is -0.138. The molecule has 0 saturated carbocycles. The number of fused-ring (bicyclic) bond motifs is 1. The van der Waals surface area contributed by atoms with E-state index < -0.39 is 98.5 Å². The Balaban J connectivity index is 1.99. The van der Waals surface area contributed by atoms with Gasteiger partial charge in [0, 0.05) is 0 Å². The zero-order valence-corrected chi connectivity index (χ0v) is 24.7. The summed E-state index contributed by atoms with van der Waals surface area (Å²) in [6.45, 7) is 2.34. The number of nitrogens with two attached hydrogens (primary N) is 1. The van der Waals surface area contributed by atoms with Gasteiger partial charge in [0.1, 0.15) is 21.2 Å². The molecule has 0 atom stereocenters. The standard InChI is InChI=1S/C26H19F6N5O7S2/c1-11-3-5-14(9-16(11)25(27,28)29)34-36-22-18(45(39,40)41)7-13-8-19(46(42,43)44)23(24(38)20(13)21(22)33)37-35-15-6-4-12(2)17(10-15)26(30,31)32/h3-10,38H,33H2,1-2H3,(H,39,40,41)(H,42,43,44). The average Bonchev–Trinajstić information content (AvgIpc) is 2.90. The molecule has 0 bridgehead atoms. The summed E-state index contributed by atoms with van der Waals surface area (Å²) in [5, 5.41) is 24.1. The van der Waals surface area contributed by atoms with Gasteiger partial charge in [-0.1, -0.05) is 12.1 Å². The minimum absolute atomic E-state index is 0.170. The third kappa shape index (κ3) is 6.93. The molecule has 5 N–H and O–H groups in total. The minimum atomic E-state index is -5.31. The van der Waals surface area contributed by atoms with Gasteiger partial charge in [-0.25, -0.2) is 0 Å². The number of alkyl halides is 6. The monoisotopic (exact) mass is 691 g/mol. The van der Waals surface area contributed by atoms with Crippen LogP contribution in [0.3, 0.4) is 0 Å². The number of hydrogen-bond acceptors (Lipinski definition) is 10. The summed E-state index contributed by atoms with van der Waals surface area (Å²) in [6, 6.07) is 6.57. The lowest BCUT2D eigenvalue weighted by Gasteiger charge is -2.14. The van der Waals surface area contributed by atoms with Crippen molar-refractivity contribution >= 4 is 59.4 Å². The lowest BCUT2D eigenvalue weighted by Crippen LogP contribution is -2.06. The molecule has 0 radical (unpaired) electrons. The molecule has 0 aromatic heterocycles. The SMILES string of the molecule is Cc1ccc(N=Nc2c(S(=O)(=O)O)cc3cc(S(=O)(=O)O)c(N=Nc4ccc(C)c(C(F)(F)F)c4)c(O)c3c2N)cc1C(F)(F)F. The molecular formula is C26H19F6N5O7S2. The Morgan fingerprint density at radius 1 is 0.652 bits per heavy atom. The van der Waals surface area contributed by atoms with Crippen LogP contribution in [0.5, 0.6) is 5.75 Å². The van der Waals surface area contributed by atoms with E-state index in [9.17, 15) is 57.4 Å². The minimum Gasteiger partial charge on any atom is -0.505 e. The van der Waals surface area contributed by atoms with E-state index in [1.165, 1.54) is 13.8 Å². The van der Waals surface area contributed by atoms with Crippen LogP contribution in [0.1, 0.15) is 22.3 Å². The van der Waals surface area contributed by atoms with Gasteiger partial charge >= 0.3 is 12.4 Å². The third-order valence-electron chi connectivity index (χ3n) is 6.45. The molecule has 4 aromatic carbocycles. The maximum Gasteiger partial charge on any atom is 0.416 e. The van der Waals surface area contributed by atoms with E-state index in [0.717, 1.165) is 24.3 Å². The molecule has 0 aliphatic rings. The highest BCUT2D eigenvalue weighted by atomic mass is 32.2. The number of halogens is 6. The highest BCUT2D eigenvalue weighted by molar-refractivity contribution is 7.86. The number of nitrogen functional groups attached to an aromatic ring is 1. The van der Waals surface area contributed by atoms with E-state index in [-0.39, 0.29) is 11.1 Å². The topological polar surface area (TPSA) is 204 Å². The molecule has 12 nitrogen and oxygen atoms in total. The Kier molecular flexibility index (Phi) is 8.63. The molecule has 0 aliphatic carbocycles. The Hall–Kier alpha value is -4.66. The predicted octanol–water partition coefficient (Wildman–Crippen LogP) is 8.11. The van der Waals surface area contributed by atoms with Crippen LogP contribution in [0.4, 0.5) is 54.8 Å². The number of aryl methyl sites for hydroxylation is 2. The molecule has 0 fully saturated rings.